The minimum atomic E-state index is -2.09. The summed E-state index contributed by atoms with van der Waals surface area (Å²) in [6.07, 6.45) is -2.00. The number of ether oxygens (including phenoxy) is 1. The number of hydrogen-bond donors (Lipinski definition) is 3. The Morgan fingerprint density at radius 1 is 1.36 bits per heavy atom. The van der Waals surface area contributed by atoms with Crippen LogP contribution in [0.4, 0.5) is 16.2 Å². The van der Waals surface area contributed by atoms with E-state index in [0.29, 0.717) is 5.52 Å². The number of alkyl halides is 1. The van der Waals surface area contributed by atoms with Gasteiger partial charge in [0.2, 0.25) is 5.95 Å². The molecule has 0 radical (unpaired) electrons. The van der Waals surface area contributed by atoms with E-state index in [0.717, 1.165) is 0 Å². The molecule has 156 valence electrons. The van der Waals surface area contributed by atoms with Crippen LogP contribution in [0.2, 0.25) is 18.1 Å². The molecule has 3 heterocycles. The molecule has 3 rings (SSSR count). The fourth-order valence-corrected chi connectivity index (χ4v) is 4.00. The lowest BCUT2D eigenvalue weighted by Gasteiger charge is -2.37. The van der Waals surface area contributed by atoms with E-state index >= 15 is 4.39 Å². The maximum atomic E-state index is 15.5. The lowest BCUT2D eigenvalue weighted by molar-refractivity contribution is -0.0551. The Morgan fingerprint density at radius 3 is 2.61 bits per heavy atom. The third-order valence-corrected chi connectivity index (χ3v) is 10.4. The smallest absolute Gasteiger partial charge is 0.224 e. The van der Waals surface area contributed by atoms with Crippen molar-refractivity contribution in [2.75, 3.05) is 18.1 Å². The SMILES string of the molecule is CC(C)(C)[Si](C)(C)OC[C@H]1O[C@@H](n2cnc3c(N)nc(N)nc32)[C@](C)(F)[C@@H]1O. The van der Waals surface area contributed by atoms with E-state index in [9.17, 15) is 5.11 Å². The van der Waals surface area contributed by atoms with Gasteiger partial charge in [0.25, 0.3) is 0 Å². The molecule has 1 fully saturated rings. The molecule has 5 N–H and O–H groups in total. The molecule has 0 unspecified atom stereocenters. The monoisotopic (exact) mass is 412 g/mol. The highest BCUT2D eigenvalue weighted by molar-refractivity contribution is 6.74. The van der Waals surface area contributed by atoms with E-state index in [-0.39, 0.29) is 29.1 Å². The Balaban J connectivity index is 1.88. The molecule has 2 aromatic rings. The van der Waals surface area contributed by atoms with Crippen LogP contribution in [0.5, 0.6) is 0 Å². The summed E-state index contributed by atoms with van der Waals surface area (Å²) in [5.41, 5.74) is 9.94. The second-order valence-corrected chi connectivity index (χ2v) is 13.8. The van der Waals surface area contributed by atoms with Gasteiger partial charge < -0.3 is 25.7 Å². The second-order valence-electron chi connectivity index (χ2n) is 8.99. The summed E-state index contributed by atoms with van der Waals surface area (Å²) >= 11 is 0. The van der Waals surface area contributed by atoms with Gasteiger partial charge >= 0.3 is 0 Å². The van der Waals surface area contributed by atoms with Crippen LogP contribution in [-0.4, -0.2) is 57.4 Å². The van der Waals surface area contributed by atoms with E-state index in [1.807, 2.05) is 0 Å². The molecular formula is C17H29FN6O3Si. The van der Waals surface area contributed by atoms with Crippen molar-refractivity contribution in [3.63, 3.8) is 0 Å². The summed E-state index contributed by atoms with van der Waals surface area (Å²) in [5, 5.41) is 10.6. The zero-order valence-electron chi connectivity index (χ0n) is 17.1. The van der Waals surface area contributed by atoms with Crippen LogP contribution in [0.1, 0.15) is 33.9 Å². The number of hydrogen-bond acceptors (Lipinski definition) is 8. The zero-order chi connectivity index (χ0) is 21.1. The Hall–Kier alpha value is -1.82. The fraction of sp³-hybridized carbons (Fsp3) is 0.706. The lowest BCUT2D eigenvalue weighted by Crippen LogP contribution is -2.45. The number of nitrogens with two attached hydrogens (primary N) is 2. The number of fused-ring (bicyclic) bond motifs is 1. The zero-order valence-corrected chi connectivity index (χ0v) is 18.1. The number of imidazole rings is 1. The predicted molar refractivity (Wildman–Crippen MR) is 107 cm³/mol. The molecule has 0 saturated carbocycles. The summed E-state index contributed by atoms with van der Waals surface area (Å²) in [4.78, 5) is 12.1. The van der Waals surface area contributed by atoms with Gasteiger partial charge in [-0.15, -0.1) is 0 Å². The van der Waals surface area contributed by atoms with Crippen LogP contribution in [0.25, 0.3) is 11.2 Å². The Labute approximate surface area is 164 Å². The van der Waals surface area contributed by atoms with Crippen LogP contribution in [0.3, 0.4) is 0 Å². The van der Waals surface area contributed by atoms with Gasteiger partial charge in [0.15, 0.2) is 31.7 Å². The molecule has 0 aromatic carbocycles. The Kier molecular flexibility index (Phi) is 4.94. The summed E-state index contributed by atoms with van der Waals surface area (Å²) in [7, 11) is -2.08. The van der Waals surface area contributed by atoms with Crippen molar-refractivity contribution < 1.29 is 18.7 Å². The molecule has 28 heavy (non-hydrogen) atoms. The maximum absolute atomic E-state index is 15.5. The van der Waals surface area contributed by atoms with E-state index in [1.54, 1.807) is 0 Å². The molecule has 2 aromatic heterocycles. The molecule has 0 amide bonds. The number of aliphatic hydroxyl groups is 1. The first-order valence-electron chi connectivity index (χ1n) is 9.17. The van der Waals surface area contributed by atoms with Gasteiger partial charge in [0, 0.05) is 0 Å². The van der Waals surface area contributed by atoms with E-state index < -0.39 is 32.4 Å². The molecule has 0 bridgehead atoms. The topological polar surface area (TPSA) is 134 Å². The molecule has 9 nitrogen and oxygen atoms in total. The normalized spacial score (nSPS) is 28.9. The van der Waals surface area contributed by atoms with Crippen molar-refractivity contribution in [1.29, 1.82) is 0 Å². The van der Waals surface area contributed by atoms with Gasteiger partial charge in [-0.3, -0.25) is 4.57 Å². The number of aliphatic hydroxyl groups excluding tert-OH is 1. The average Bonchev–Trinajstić information content (AvgIpc) is 3.05. The van der Waals surface area contributed by atoms with Gasteiger partial charge in [0.05, 0.1) is 12.9 Å². The predicted octanol–water partition coefficient (Wildman–Crippen LogP) is 2.00. The number of rotatable bonds is 4. The first kappa shape index (κ1) is 20.9. The quantitative estimate of drug-likeness (QED) is 0.649. The van der Waals surface area contributed by atoms with Crippen LogP contribution in [0.15, 0.2) is 6.33 Å². The van der Waals surface area contributed by atoms with Crippen molar-refractivity contribution in [3.05, 3.63) is 6.33 Å². The third-order valence-electron chi connectivity index (χ3n) is 5.85. The summed E-state index contributed by atoms with van der Waals surface area (Å²) < 4.78 is 28.9. The highest BCUT2D eigenvalue weighted by Crippen LogP contribution is 2.44. The fourth-order valence-electron chi connectivity index (χ4n) is 2.99. The molecule has 1 aliphatic rings. The van der Waals surface area contributed by atoms with Gasteiger partial charge in [-0.25, -0.2) is 9.37 Å². The van der Waals surface area contributed by atoms with Crippen LogP contribution in [-0.2, 0) is 9.16 Å². The number of halogens is 1. The highest BCUT2D eigenvalue weighted by atomic mass is 28.4. The molecule has 11 heteroatoms. The highest BCUT2D eigenvalue weighted by Gasteiger charge is 2.56. The average molecular weight is 413 g/mol. The summed E-state index contributed by atoms with van der Waals surface area (Å²) in [6.45, 7) is 11.9. The number of nitrogens with zero attached hydrogens (tertiary/aromatic N) is 4. The minimum absolute atomic E-state index is 0.0124. The van der Waals surface area contributed by atoms with Crippen LogP contribution >= 0.6 is 0 Å². The lowest BCUT2D eigenvalue weighted by atomic mass is 9.98. The van der Waals surface area contributed by atoms with Gasteiger partial charge in [-0.2, -0.15) is 9.97 Å². The summed E-state index contributed by atoms with van der Waals surface area (Å²) in [5.74, 6) is 0.0434. The second kappa shape index (κ2) is 6.61. The molecule has 0 spiro atoms. The number of aromatic nitrogens is 4. The van der Waals surface area contributed by atoms with Crippen molar-refractivity contribution in [2.24, 2.45) is 0 Å². The third kappa shape index (κ3) is 3.36. The molecule has 0 aliphatic carbocycles. The number of nitrogen functional groups attached to an aromatic ring is 2. The largest absolute Gasteiger partial charge is 0.414 e. The van der Waals surface area contributed by atoms with Crippen molar-refractivity contribution >= 4 is 31.2 Å². The van der Waals surface area contributed by atoms with Crippen LogP contribution < -0.4 is 11.5 Å². The van der Waals surface area contributed by atoms with Gasteiger partial charge in [0.1, 0.15) is 17.7 Å². The van der Waals surface area contributed by atoms with Gasteiger partial charge in [-0.1, -0.05) is 20.8 Å². The minimum Gasteiger partial charge on any atom is -0.414 e. The molecule has 4 atom stereocenters. The van der Waals surface area contributed by atoms with E-state index in [1.165, 1.54) is 17.8 Å². The van der Waals surface area contributed by atoms with Crippen molar-refractivity contribution in [3.8, 4) is 0 Å². The maximum Gasteiger partial charge on any atom is 0.224 e. The molecule has 1 saturated heterocycles. The number of anilines is 2. The van der Waals surface area contributed by atoms with Crippen LogP contribution in [0, 0.1) is 0 Å². The first-order chi connectivity index (χ1) is 12.8. The standard InChI is InChI=1S/C17H29FN6O3Si/c1-16(2,3)28(5,6)26-7-9-11(25)17(4,18)14(27-9)24-8-21-10-12(19)22-15(20)23-13(10)24/h8-9,11,14,25H,7H2,1-6H3,(H4,19,20,22,23)/t9-,11-,14-,17-/m1/s1. The summed E-state index contributed by atoms with van der Waals surface area (Å²) in [6, 6.07) is 0. The Morgan fingerprint density at radius 2 is 2.00 bits per heavy atom. The van der Waals surface area contributed by atoms with Crippen molar-refractivity contribution in [2.45, 2.75) is 69.9 Å². The Bertz CT molecular complexity index is 882. The van der Waals surface area contributed by atoms with E-state index in [2.05, 4.69) is 48.8 Å². The van der Waals surface area contributed by atoms with Gasteiger partial charge in [-0.05, 0) is 25.1 Å². The first-order valence-corrected chi connectivity index (χ1v) is 12.1. The molecular weight excluding hydrogens is 383 g/mol. The van der Waals surface area contributed by atoms with E-state index in [4.69, 9.17) is 20.6 Å². The van der Waals surface area contributed by atoms with Crippen molar-refractivity contribution in [1.82, 2.24) is 19.5 Å². The molecule has 1 aliphatic heterocycles.